The number of rotatable bonds is 25. The number of aromatic nitrogens is 16. The number of carbonyl (C=O) groups excluding carboxylic acids is 1. The molecule has 0 radical (unpaired) electrons. The number of halogens is 7. The summed E-state index contributed by atoms with van der Waals surface area (Å²) in [5.41, 5.74) is 14.4. The Kier molecular flexibility index (Phi) is 37.8. The maximum Gasteiger partial charge on any atom is 0.452 e. The maximum absolute atomic E-state index is 13.1. The van der Waals surface area contributed by atoms with Crippen molar-refractivity contribution < 1.29 is 40.8 Å². The molecule has 0 spiro atoms. The third kappa shape index (κ3) is 30.2. The predicted molar refractivity (Wildman–Crippen MR) is 415 cm³/mol. The second kappa shape index (κ2) is 45.4. The summed E-state index contributed by atoms with van der Waals surface area (Å²) in [6.45, 7) is 27.4. The minimum Gasteiger partial charge on any atom is -0.466 e. The van der Waals surface area contributed by atoms with Gasteiger partial charge in [-0.25, -0.2) is 0 Å². The third-order valence-corrected chi connectivity index (χ3v) is 19.6. The number of carbonyl (C=O) groups is 1. The lowest BCUT2D eigenvalue weighted by atomic mass is 9.92. The molecular weight excluding hydrogens is 1480 g/mol. The van der Waals surface area contributed by atoms with E-state index in [1.54, 1.807) is 19.1 Å². The van der Waals surface area contributed by atoms with Crippen molar-refractivity contribution in [3.05, 3.63) is 115 Å². The van der Waals surface area contributed by atoms with Gasteiger partial charge in [-0.15, -0.1) is 30.6 Å². The average molecular weight is 1590 g/mol. The normalized spacial score (nSPS) is 14.9. The number of nitro groups is 1. The van der Waals surface area contributed by atoms with Crippen molar-refractivity contribution in [3.63, 3.8) is 0 Å². The molecule has 3 fully saturated rings. The van der Waals surface area contributed by atoms with E-state index in [4.69, 9.17) is 22.6 Å². The first-order valence-electron chi connectivity index (χ1n) is 36.9. The Morgan fingerprint density at radius 1 is 0.624 bits per heavy atom. The highest BCUT2D eigenvalue weighted by molar-refractivity contribution is 7.10. The molecule has 3 aromatic carbocycles. The second-order valence-electron chi connectivity index (χ2n) is 28.5. The minimum absolute atomic E-state index is 0. The molecule has 36 heteroatoms. The monoisotopic (exact) mass is 1580 g/mol. The molecule has 3 saturated carbocycles. The van der Waals surface area contributed by atoms with Gasteiger partial charge in [0.15, 0.2) is 17.5 Å². The van der Waals surface area contributed by atoms with Gasteiger partial charge in [-0.1, -0.05) is 161 Å². The van der Waals surface area contributed by atoms with E-state index >= 15 is 0 Å². The topological polar surface area (TPSA) is 356 Å². The van der Waals surface area contributed by atoms with E-state index < -0.39 is 24.0 Å². The summed E-state index contributed by atoms with van der Waals surface area (Å²) in [5, 5.41) is 65.0. The largest absolute Gasteiger partial charge is 0.466 e. The Hall–Kier alpha value is -8.78. The first-order valence-corrected chi connectivity index (χ1v) is 38.8. The predicted octanol–water partition coefficient (Wildman–Crippen LogP) is 18.1. The highest BCUT2D eigenvalue weighted by Gasteiger charge is 2.38. The molecule has 0 unspecified atom stereocenters. The Labute approximate surface area is 648 Å². The maximum atomic E-state index is 13.1. The van der Waals surface area contributed by atoms with Crippen LogP contribution in [0, 0.1) is 39.2 Å². The quantitative estimate of drug-likeness (QED) is 0.0117. The summed E-state index contributed by atoms with van der Waals surface area (Å²) >= 11 is 6.34. The zero-order valence-corrected chi connectivity index (χ0v) is 66.1. The second-order valence-corrected chi connectivity index (χ2v) is 30.6. The summed E-state index contributed by atoms with van der Waals surface area (Å²) in [5.74, 6) is 1.39. The molecule has 3 aliphatic carbocycles. The average Bonchev–Trinajstić information content (AvgIpc) is 1.14. The van der Waals surface area contributed by atoms with Crippen molar-refractivity contribution in [1.82, 2.24) is 80.6 Å². The molecule has 109 heavy (non-hydrogen) atoms. The Balaban J connectivity index is 0.000000262. The number of nitrogens with two attached hydrogens (primary N) is 1. The van der Waals surface area contributed by atoms with E-state index in [2.05, 4.69) is 191 Å². The molecule has 6 N–H and O–H groups in total. The Morgan fingerprint density at radius 3 is 1.31 bits per heavy atom. The summed E-state index contributed by atoms with van der Waals surface area (Å²) in [7, 11) is 0. The molecule has 0 bridgehead atoms. The number of hydrogen-bond acceptors (Lipinski definition) is 25. The van der Waals surface area contributed by atoms with E-state index in [9.17, 15) is 41.3 Å². The highest BCUT2D eigenvalue weighted by Crippen LogP contribution is 2.41. The van der Waals surface area contributed by atoms with Crippen LogP contribution in [0.5, 0.6) is 0 Å². The molecule has 11 rings (SSSR count). The smallest absolute Gasteiger partial charge is 0.452 e. The SMILES string of the molecule is C.CC#N.CC(C)CN(c1ccc([C@H](C)Cc2nn[nH]n2)cc1N)C1CCCCC1.CC(C)CN(c1ccc([C@H](C)Cc2nn[nH]n2)cc1Nc1nc(C(F)(F)F)ns1)C1CCCCC1.CC(C)CN(c1ccc([C@H](C)Cc2nn[nH]n2)cc1[N+](=O)[O-])C1CCCCC1.CCOC(C)=O.FC(F)(F)c1nsc(Cl)n1. The van der Waals surface area contributed by atoms with Gasteiger partial charge in [-0.3, -0.25) is 14.9 Å². The summed E-state index contributed by atoms with van der Waals surface area (Å²) < 4.78 is 84.9. The van der Waals surface area contributed by atoms with Crippen LogP contribution >= 0.6 is 34.7 Å². The number of nitrogens with zero attached hydrogens (tertiary/aromatic N) is 18. The molecule has 3 atom stereocenters. The van der Waals surface area contributed by atoms with Crippen molar-refractivity contribution in [1.29, 1.82) is 5.26 Å². The fourth-order valence-electron chi connectivity index (χ4n) is 13.3. The third-order valence-electron chi connectivity index (χ3n) is 18.2. The first kappa shape index (κ1) is 90.8. The lowest BCUT2D eigenvalue weighted by Crippen LogP contribution is -2.39. The van der Waals surface area contributed by atoms with E-state index in [0.29, 0.717) is 96.0 Å². The van der Waals surface area contributed by atoms with Gasteiger partial charge in [-0.05, 0) is 151 Å². The molecular formula is C73H108ClF6N23O4S2. The lowest BCUT2D eigenvalue weighted by Gasteiger charge is -2.38. The molecule has 0 amide bonds. The molecule has 0 aliphatic heterocycles. The number of nitro benzene ring substituents is 1. The van der Waals surface area contributed by atoms with Gasteiger partial charge in [0.25, 0.3) is 5.69 Å². The number of benzene rings is 3. The van der Waals surface area contributed by atoms with Crippen LogP contribution < -0.4 is 25.8 Å². The summed E-state index contributed by atoms with van der Waals surface area (Å²) in [6.07, 6.45) is 11.2. The standard InChI is InChI=1S/C23H31F3N8S.C20H30N6O2.C20H32N6.C4H8O2.C3ClF3N2S.C2H3N.CH4/c1-14(2)13-34(17-7-5-4-6-8-17)19-10-9-16(15(3)11-20-29-32-33-30-20)12-18(19)27-22-28-21(31-35-22)23(24,25)26;1-14(2)13-25(17-7-5-4-6-8-17)18-10-9-16(12-19(18)26(27)28)15(3)11-20-21-23-24-22-20;1-14(2)13-26(17-7-5-4-6-8-17)19-10-9-16(12-18(19)21)15(3)11-20-22-24-25-23-20;1-3-6-4(2)5;4-2-8-1(9-10-2)3(5,6)7;1-2-3;/h9-10,12,14-15,17H,4-8,11,13H2,1-3H3,(H,27,28,31)(H,29,30,32,33);9-10,12,14-15,17H,4-8,11,13H2,1-3H3,(H,21,22,23,24);9-10,12,14-15,17H,4-8,11,13,21H2,1-3H3,(H,22,23,24,25);3H2,1-2H3;;1H3;1H4/t3*15-;;;;/m111..../s1. The van der Waals surface area contributed by atoms with Crippen LogP contribution in [0.25, 0.3) is 0 Å². The lowest BCUT2D eigenvalue weighted by molar-refractivity contribution is -0.384. The Morgan fingerprint density at radius 2 is 0.991 bits per heavy atom. The molecule has 5 heterocycles. The van der Waals surface area contributed by atoms with Gasteiger partial charge >= 0.3 is 18.3 Å². The molecule has 0 saturated heterocycles. The van der Waals surface area contributed by atoms with Crippen molar-refractivity contribution >= 4 is 79.9 Å². The van der Waals surface area contributed by atoms with Gasteiger partial charge in [-0.2, -0.15) is 66.0 Å². The van der Waals surface area contributed by atoms with Crippen molar-refractivity contribution in [2.75, 3.05) is 52.0 Å². The van der Waals surface area contributed by atoms with Crippen LogP contribution in [0.15, 0.2) is 54.6 Å². The van der Waals surface area contributed by atoms with Crippen LogP contribution in [0.1, 0.15) is 250 Å². The van der Waals surface area contributed by atoms with Gasteiger partial charge in [0, 0.05) is 88.5 Å². The zero-order valence-electron chi connectivity index (χ0n) is 63.7. The van der Waals surface area contributed by atoms with E-state index in [-0.39, 0.29) is 45.4 Å². The number of hydrogen-bond donors (Lipinski definition) is 5. The number of esters is 1. The van der Waals surface area contributed by atoms with E-state index in [0.717, 1.165) is 91.4 Å². The van der Waals surface area contributed by atoms with Crippen molar-refractivity contribution in [2.45, 2.75) is 254 Å². The van der Waals surface area contributed by atoms with E-state index in [1.165, 1.54) is 95.7 Å². The van der Waals surface area contributed by atoms with Crippen LogP contribution in [0.3, 0.4) is 0 Å². The summed E-state index contributed by atoms with van der Waals surface area (Å²) in [6, 6.07) is 21.6. The minimum atomic E-state index is -4.58. The number of nitriles is 1. The number of anilines is 6. The van der Waals surface area contributed by atoms with Crippen LogP contribution in [-0.4, -0.2) is 136 Å². The number of nitrogen functional groups attached to an aromatic ring is 1. The molecule has 3 aliphatic rings. The number of ether oxygens (including phenoxy) is 1. The van der Waals surface area contributed by atoms with Gasteiger partial charge in [0.1, 0.15) is 5.69 Å². The number of alkyl halides is 6. The van der Waals surface area contributed by atoms with Gasteiger partial charge in [0.05, 0.1) is 40.3 Å². The fraction of sp³-hybridized carbons (Fsp3) is 0.630. The van der Waals surface area contributed by atoms with Crippen LogP contribution in [0.4, 0.5) is 65.6 Å². The summed E-state index contributed by atoms with van der Waals surface area (Å²) in [4.78, 5) is 35.4. The molecule has 5 aromatic heterocycles. The molecule has 8 aromatic rings. The molecule has 600 valence electrons. The molecule has 27 nitrogen and oxygen atoms in total. The number of tetrazole rings is 3. The van der Waals surface area contributed by atoms with Gasteiger partial charge < -0.3 is 30.5 Å². The fourth-order valence-corrected chi connectivity index (χ4v) is 14.5. The number of H-pyrrole nitrogens is 3. The zero-order chi connectivity index (χ0) is 79.1. The number of nitrogens with one attached hydrogen (secondary N) is 4. The van der Waals surface area contributed by atoms with Crippen LogP contribution in [-0.2, 0) is 41.1 Å². The Bertz CT molecular complexity index is 3940. The van der Waals surface area contributed by atoms with Crippen molar-refractivity contribution in [3.8, 4) is 6.07 Å². The van der Waals surface area contributed by atoms with Crippen LogP contribution in [0.2, 0.25) is 4.47 Å². The number of aromatic amines is 3. The highest BCUT2D eigenvalue weighted by atomic mass is 35.5. The van der Waals surface area contributed by atoms with E-state index in [1.807, 2.05) is 25.1 Å². The van der Waals surface area contributed by atoms with Gasteiger partial charge in [0.2, 0.25) is 21.2 Å². The first-order chi connectivity index (χ1) is 51.4. The van der Waals surface area contributed by atoms with Crippen molar-refractivity contribution in [2.24, 2.45) is 17.8 Å².